The molecular weight excluding hydrogens is 430 g/mol. The minimum Gasteiger partial charge on any atom is -0.325 e. The smallest absolute Gasteiger partial charge is 0.245 e. The van der Waals surface area contributed by atoms with Gasteiger partial charge >= 0.3 is 0 Å². The summed E-state index contributed by atoms with van der Waals surface area (Å²) < 4.78 is 26.5. The van der Waals surface area contributed by atoms with Crippen molar-refractivity contribution >= 4 is 48.9 Å². The van der Waals surface area contributed by atoms with Crippen molar-refractivity contribution in [2.24, 2.45) is 0 Å². The van der Waals surface area contributed by atoms with Crippen LogP contribution in [0.5, 0.6) is 0 Å². The van der Waals surface area contributed by atoms with Crippen LogP contribution in [0.4, 0.5) is 11.4 Å². The lowest BCUT2D eigenvalue weighted by molar-refractivity contribution is -0.114. The summed E-state index contributed by atoms with van der Waals surface area (Å²) in [5.74, 6) is -0.419. The molecule has 0 atom stereocenters. The van der Waals surface area contributed by atoms with Crippen molar-refractivity contribution in [3.05, 3.63) is 78.4 Å². The van der Waals surface area contributed by atoms with E-state index in [1.807, 2.05) is 19.1 Å². The predicted molar refractivity (Wildman–Crippen MR) is 127 cm³/mol. The molecule has 0 saturated carbocycles. The van der Waals surface area contributed by atoms with Crippen molar-refractivity contribution in [2.75, 3.05) is 22.4 Å². The molecule has 0 radical (unpaired) electrons. The lowest BCUT2D eigenvalue weighted by Gasteiger charge is -2.21. The molecule has 0 spiro atoms. The number of rotatable bonds is 6. The Morgan fingerprint density at radius 3 is 2.42 bits per heavy atom. The van der Waals surface area contributed by atoms with Gasteiger partial charge in [-0.1, -0.05) is 24.3 Å². The normalized spacial score (nSPS) is 11.4. The van der Waals surface area contributed by atoms with Gasteiger partial charge in [-0.3, -0.25) is 9.10 Å². The van der Waals surface area contributed by atoms with Crippen molar-refractivity contribution in [3.8, 4) is 10.6 Å². The zero-order valence-electron chi connectivity index (χ0n) is 17.1. The number of fused-ring (bicyclic) bond motifs is 1. The molecule has 1 heterocycles. The molecule has 0 saturated heterocycles. The molecule has 0 fully saturated rings. The highest BCUT2D eigenvalue weighted by Gasteiger charge is 2.20. The van der Waals surface area contributed by atoms with Gasteiger partial charge in [0.2, 0.25) is 15.9 Å². The van der Waals surface area contributed by atoms with E-state index in [1.165, 1.54) is 5.56 Å². The number of nitrogens with zero attached hydrogens (tertiary/aromatic N) is 2. The maximum absolute atomic E-state index is 12.5. The van der Waals surface area contributed by atoms with E-state index in [4.69, 9.17) is 4.98 Å². The van der Waals surface area contributed by atoms with Crippen LogP contribution in [0.25, 0.3) is 20.8 Å². The second-order valence-electron chi connectivity index (χ2n) is 7.22. The number of sulfonamides is 1. The fraction of sp³-hybridized carbons (Fsp3) is 0.130. The van der Waals surface area contributed by atoms with E-state index >= 15 is 0 Å². The van der Waals surface area contributed by atoms with Gasteiger partial charge in [0, 0.05) is 11.3 Å². The number of carbonyl (C=O) groups excluding carboxylic acids is 1. The van der Waals surface area contributed by atoms with Gasteiger partial charge < -0.3 is 5.32 Å². The summed E-state index contributed by atoms with van der Waals surface area (Å²) in [4.78, 5) is 17.2. The van der Waals surface area contributed by atoms with Crippen LogP contribution in [0.3, 0.4) is 0 Å². The van der Waals surface area contributed by atoms with Crippen LogP contribution in [0, 0.1) is 6.92 Å². The Kier molecular flexibility index (Phi) is 5.75. The van der Waals surface area contributed by atoms with Crippen LogP contribution >= 0.6 is 11.3 Å². The standard InChI is InChI=1S/C23H21N3O3S2/c1-16-8-13-21-20(14-16)25-23(30-21)17-9-11-18(12-10-17)24-22(27)15-26(31(2,28)29)19-6-4-3-5-7-19/h3-14H,15H2,1-2H3,(H,24,27). The van der Waals surface area contributed by atoms with E-state index in [-0.39, 0.29) is 6.54 Å². The number of para-hydroxylation sites is 1. The Labute approximate surface area is 185 Å². The second kappa shape index (κ2) is 8.49. The number of aromatic nitrogens is 1. The van der Waals surface area contributed by atoms with Gasteiger partial charge in [-0.2, -0.15) is 0 Å². The molecule has 0 aliphatic rings. The summed E-state index contributed by atoms with van der Waals surface area (Å²) in [7, 11) is -3.60. The second-order valence-corrected chi connectivity index (χ2v) is 10.2. The number of amides is 1. The summed E-state index contributed by atoms with van der Waals surface area (Å²) in [6.07, 6.45) is 1.08. The van der Waals surface area contributed by atoms with E-state index in [2.05, 4.69) is 23.5 Å². The van der Waals surface area contributed by atoms with Crippen molar-refractivity contribution in [1.82, 2.24) is 4.98 Å². The van der Waals surface area contributed by atoms with Gasteiger partial charge in [0.15, 0.2) is 0 Å². The third-order valence-corrected chi connectivity index (χ3v) is 6.92. The molecule has 8 heteroatoms. The number of thiazole rings is 1. The number of nitrogens with one attached hydrogen (secondary N) is 1. The third-order valence-electron chi connectivity index (χ3n) is 4.69. The molecule has 0 bridgehead atoms. The van der Waals surface area contributed by atoms with E-state index in [1.54, 1.807) is 53.8 Å². The summed E-state index contributed by atoms with van der Waals surface area (Å²) in [6.45, 7) is 1.74. The van der Waals surface area contributed by atoms with Crippen LogP contribution in [0.1, 0.15) is 5.56 Å². The molecule has 0 aliphatic heterocycles. The van der Waals surface area contributed by atoms with Gasteiger partial charge in [-0.25, -0.2) is 13.4 Å². The number of benzene rings is 3. The van der Waals surface area contributed by atoms with Gasteiger partial charge in [-0.15, -0.1) is 11.3 Å². The van der Waals surface area contributed by atoms with Crippen LogP contribution in [-0.2, 0) is 14.8 Å². The van der Waals surface area contributed by atoms with E-state index in [0.29, 0.717) is 11.4 Å². The Morgan fingerprint density at radius 1 is 1.03 bits per heavy atom. The molecule has 4 rings (SSSR count). The lowest BCUT2D eigenvalue weighted by atomic mass is 10.2. The fourth-order valence-corrected chi connectivity index (χ4v) is 4.99. The summed E-state index contributed by atoms with van der Waals surface area (Å²) in [6, 6.07) is 22.1. The average Bonchev–Trinajstić information content (AvgIpc) is 3.15. The van der Waals surface area contributed by atoms with Crippen molar-refractivity contribution in [2.45, 2.75) is 6.92 Å². The number of hydrogen-bond donors (Lipinski definition) is 1. The molecule has 0 unspecified atom stereocenters. The largest absolute Gasteiger partial charge is 0.325 e. The highest BCUT2D eigenvalue weighted by atomic mass is 32.2. The Bertz CT molecular complexity index is 1330. The third kappa shape index (κ3) is 4.92. The molecule has 1 aromatic heterocycles. The Morgan fingerprint density at radius 2 is 1.74 bits per heavy atom. The minimum atomic E-state index is -3.60. The van der Waals surface area contributed by atoms with Gasteiger partial charge in [0.25, 0.3) is 0 Å². The molecule has 6 nitrogen and oxygen atoms in total. The average molecular weight is 452 g/mol. The van der Waals surface area contributed by atoms with Crippen molar-refractivity contribution in [3.63, 3.8) is 0 Å². The predicted octanol–water partition coefficient (Wildman–Crippen LogP) is 4.68. The number of anilines is 2. The van der Waals surface area contributed by atoms with Crippen molar-refractivity contribution < 1.29 is 13.2 Å². The first-order valence-electron chi connectivity index (χ1n) is 9.60. The summed E-state index contributed by atoms with van der Waals surface area (Å²) >= 11 is 1.62. The number of carbonyl (C=O) groups is 1. The van der Waals surface area contributed by atoms with Gasteiger partial charge in [0.1, 0.15) is 11.6 Å². The molecule has 158 valence electrons. The summed E-state index contributed by atoms with van der Waals surface area (Å²) in [5, 5.41) is 3.67. The molecule has 0 aliphatic carbocycles. The zero-order chi connectivity index (χ0) is 22.0. The highest BCUT2D eigenvalue weighted by molar-refractivity contribution is 7.92. The Balaban J connectivity index is 1.48. The molecule has 1 amide bonds. The van der Waals surface area contributed by atoms with Gasteiger partial charge in [0.05, 0.1) is 22.2 Å². The van der Waals surface area contributed by atoms with Crippen LogP contribution < -0.4 is 9.62 Å². The van der Waals surface area contributed by atoms with Crippen LogP contribution in [-0.4, -0.2) is 32.1 Å². The lowest BCUT2D eigenvalue weighted by Crippen LogP contribution is -2.37. The van der Waals surface area contributed by atoms with Crippen LogP contribution in [0.2, 0.25) is 0 Å². The highest BCUT2D eigenvalue weighted by Crippen LogP contribution is 2.31. The fourth-order valence-electron chi connectivity index (χ4n) is 3.18. The van der Waals surface area contributed by atoms with E-state index < -0.39 is 15.9 Å². The summed E-state index contributed by atoms with van der Waals surface area (Å²) in [5.41, 5.74) is 4.13. The molecule has 1 N–H and O–H groups in total. The zero-order valence-corrected chi connectivity index (χ0v) is 18.7. The maximum atomic E-state index is 12.5. The van der Waals surface area contributed by atoms with E-state index in [9.17, 15) is 13.2 Å². The maximum Gasteiger partial charge on any atom is 0.245 e. The van der Waals surface area contributed by atoms with Crippen molar-refractivity contribution in [1.29, 1.82) is 0 Å². The monoisotopic (exact) mass is 451 g/mol. The van der Waals surface area contributed by atoms with E-state index in [0.717, 1.165) is 31.3 Å². The Hall–Kier alpha value is -3.23. The number of hydrogen-bond acceptors (Lipinski definition) is 5. The quantitative estimate of drug-likeness (QED) is 0.462. The van der Waals surface area contributed by atoms with Gasteiger partial charge in [-0.05, 0) is 61.0 Å². The first-order valence-corrected chi connectivity index (χ1v) is 12.3. The first kappa shape index (κ1) is 21.0. The molecular formula is C23H21N3O3S2. The molecule has 3 aromatic carbocycles. The molecule has 4 aromatic rings. The number of aryl methyl sites for hydroxylation is 1. The minimum absolute atomic E-state index is 0.304. The first-order chi connectivity index (χ1) is 14.8. The van der Waals surface area contributed by atoms with Crippen LogP contribution in [0.15, 0.2) is 72.8 Å². The topological polar surface area (TPSA) is 79.4 Å². The molecule has 31 heavy (non-hydrogen) atoms. The SMILES string of the molecule is Cc1ccc2sc(-c3ccc(NC(=O)CN(c4ccccc4)S(C)(=O)=O)cc3)nc2c1.